The van der Waals surface area contributed by atoms with E-state index in [1.165, 1.54) is 13.5 Å². The van der Waals surface area contributed by atoms with Crippen LogP contribution in [0, 0.1) is 18.3 Å². The number of anilines is 1. The van der Waals surface area contributed by atoms with E-state index in [0.29, 0.717) is 22.9 Å². The fourth-order valence-electron chi connectivity index (χ4n) is 3.41. The molecule has 1 saturated carbocycles. The van der Waals surface area contributed by atoms with Crippen molar-refractivity contribution in [2.45, 2.75) is 46.6 Å². The van der Waals surface area contributed by atoms with Gasteiger partial charge in [0.2, 0.25) is 0 Å². The van der Waals surface area contributed by atoms with Crippen molar-refractivity contribution >= 4 is 11.7 Å². The third kappa shape index (κ3) is 2.97. The van der Waals surface area contributed by atoms with E-state index in [2.05, 4.69) is 26.1 Å². The number of methoxy groups -OCH3 is 1. The van der Waals surface area contributed by atoms with Gasteiger partial charge in [0.05, 0.1) is 12.7 Å². The molecule has 0 spiro atoms. The first-order chi connectivity index (χ1) is 9.34. The maximum absolute atomic E-state index is 11.7. The molecule has 0 saturated heterocycles. The van der Waals surface area contributed by atoms with Crippen LogP contribution in [-0.2, 0) is 4.74 Å². The van der Waals surface area contributed by atoms with Gasteiger partial charge in [-0.05, 0) is 48.8 Å². The van der Waals surface area contributed by atoms with Crippen LogP contribution in [0.25, 0.3) is 0 Å². The Morgan fingerprint density at radius 1 is 1.35 bits per heavy atom. The third-order valence-electron chi connectivity index (χ3n) is 4.41. The normalized spacial score (nSPS) is 24.4. The van der Waals surface area contributed by atoms with Gasteiger partial charge in [-0.25, -0.2) is 4.79 Å². The van der Waals surface area contributed by atoms with Crippen molar-refractivity contribution in [1.29, 1.82) is 0 Å². The standard InChI is InChI=1S/C17H25NO2/c1-11-9-17(3,4)10-15(11)18-14-8-6-7-13(12(14)2)16(19)20-5/h6-8,11,15,18H,9-10H2,1-5H3. The first-order valence-electron chi connectivity index (χ1n) is 7.28. The van der Waals surface area contributed by atoms with Gasteiger partial charge in [-0.15, -0.1) is 0 Å². The summed E-state index contributed by atoms with van der Waals surface area (Å²) in [6.07, 6.45) is 2.40. The zero-order valence-corrected chi connectivity index (χ0v) is 13.1. The average molecular weight is 275 g/mol. The number of carbonyl (C=O) groups excluding carboxylic acids is 1. The minimum Gasteiger partial charge on any atom is -0.465 e. The topological polar surface area (TPSA) is 38.3 Å². The van der Waals surface area contributed by atoms with Gasteiger partial charge in [0.1, 0.15) is 0 Å². The van der Waals surface area contributed by atoms with Crippen LogP contribution in [0.3, 0.4) is 0 Å². The molecule has 1 aliphatic rings. The van der Waals surface area contributed by atoms with Gasteiger partial charge >= 0.3 is 5.97 Å². The summed E-state index contributed by atoms with van der Waals surface area (Å²) in [5.74, 6) is 0.372. The van der Waals surface area contributed by atoms with Crippen LogP contribution in [0.1, 0.15) is 49.5 Å². The Kier molecular flexibility index (Phi) is 4.07. The number of nitrogens with one attached hydrogen (secondary N) is 1. The van der Waals surface area contributed by atoms with Crippen LogP contribution in [0.5, 0.6) is 0 Å². The summed E-state index contributed by atoms with van der Waals surface area (Å²) in [6.45, 7) is 8.91. The van der Waals surface area contributed by atoms with Gasteiger partial charge in [-0.3, -0.25) is 0 Å². The maximum Gasteiger partial charge on any atom is 0.338 e. The van der Waals surface area contributed by atoms with E-state index >= 15 is 0 Å². The van der Waals surface area contributed by atoms with Crippen molar-refractivity contribution in [3.8, 4) is 0 Å². The van der Waals surface area contributed by atoms with Crippen molar-refractivity contribution < 1.29 is 9.53 Å². The number of ether oxygens (including phenoxy) is 1. The summed E-state index contributed by atoms with van der Waals surface area (Å²) >= 11 is 0. The van der Waals surface area contributed by atoms with Crippen LogP contribution >= 0.6 is 0 Å². The minimum atomic E-state index is -0.272. The molecule has 2 rings (SSSR count). The number of esters is 1. The predicted octanol–water partition coefficient (Wildman–Crippen LogP) is 4.02. The molecule has 1 aromatic carbocycles. The molecule has 20 heavy (non-hydrogen) atoms. The van der Waals surface area contributed by atoms with Gasteiger partial charge in [0.15, 0.2) is 0 Å². The molecule has 0 aliphatic heterocycles. The molecule has 0 radical (unpaired) electrons. The fraction of sp³-hybridized carbons (Fsp3) is 0.588. The van der Waals surface area contributed by atoms with E-state index in [4.69, 9.17) is 4.74 Å². The SMILES string of the molecule is COC(=O)c1cccc(NC2CC(C)(C)CC2C)c1C. The third-order valence-corrected chi connectivity index (χ3v) is 4.41. The largest absolute Gasteiger partial charge is 0.465 e. The first-order valence-corrected chi connectivity index (χ1v) is 7.28. The molecule has 1 fully saturated rings. The highest BCUT2D eigenvalue weighted by molar-refractivity contribution is 5.92. The Morgan fingerprint density at radius 3 is 2.60 bits per heavy atom. The number of benzene rings is 1. The van der Waals surface area contributed by atoms with Gasteiger partial charge < -0.3 is 10.1 Å². The van der Waals surface area contributed by atoms with E-state index < -0.39 is 0 Å². The molecule has 3 heteroatoms. The summed E-state index contributed by atoms with van der Waals surface area (Å²) in [4.78, 5) is 11.7. The molecule has 0 amide bonds. The number of carbonyl (C=O) groups is 1. The van der Waals surface area contributed by atoms with Crippen LogP contribution in [-0.4, -0.2) is 19.1 Å². The van der Waals surface area contributed by atoms with E-state index in [-0.39, 0.29) is 5.97 Å². The molecule has 2 atom stereocenters. The lowest BCUT2D eigenvalue weighted by atomic mass is 9.91. The van der Waals surface area contributed by atoms with E-state index in [0.717, 1.165) is 17.7 Å². The minimum absolute atomic E-state index is 0.272. The van der Waals surface area contributed by atoms with Gasteiger partial charge in [-0.2, -0.15) is 0 Å². The second kappa shape index (κ2) is 5.47. The van der Waals surface area contributed by atoms with Crippen LogP contribution in [0.2, 0.25) is 0 Å². The maximum atomic E-state index is 11.7. The molecule has 110 valence electrons. The highest BCUT2D eigenvalue weighted by Gasteiger charge is 2.36. The Balaban J connectivity index is 2.20. The average Bonchev–Trinajstić information content (AvgIpc) is 2.64. The van der Waals surface area contributed by atoms with Crippen LogP contribution in [0.15, 0.2) is 18.2 Å². The molecule has 2 unspecified atom stereocenters. The molecule has 0 aromatic heterocycles. The van der Waals surface area contributed by atoms with Gasteiger partial charge in [0.25, 0.3) is 0 Å². The van der Waals surface area contributed by atoms with Crippen molar-refractivity contribution in [3.63, 3.8) is 0 Å². The summed E-state index contributed by atoms with van der Waals surface area (Å²) < 4.78 is 4.83. The summed E-state index contributed by atoms with van der Waals surface area (Å²) in [5, 5.41) is 3.63. The van der Waals surface area contributed by atoms with E-state index in [1.807, 2.05) is 25.1 Å². The molecule has 1 N–H and O–H groups in total. The van der Waals surface area contributed by atoms with Crippen molar-refractivity contribution in [1.82, 2.24) is 0 Å². The van der Waals surface area contributed by atoms with Crippen LogP contribution < -0.4 is 5.32 Å². The zero-order chi connectivity index (χ0) is 14.9. The molecular formula is C17H25NO2. The van der Waals surface area contributed by atoms with Crippen molar-refractivity contribution in [2.75, 3.05) is 12.4 Å². The lowest BCUT2D eigenvalue weighted by molar-refractivity contribution is 0.0600. The van der Waals surface area contributed by atoms with Gasteiger partial charge in [0, 0.05) is 11.7 Å². The fourth-order valence-corrected chi connectivity index (χ4v) is 3.41. The van der Waals surface area contributed by atoms with E-state index in [1.54, 1.807) is 0 Å². The second-order valence-corrected chi connectivity index (χ2v) is 6.77. The molecular weight excluding hydrogens is 250 g/mol. The Hall–Kier alpha value is -1.51. The highest BCUT2D eigenvalue weighted by Crippen LogP contribution is 2.42. The molecule has 0 heterocycles. The summed E-state index contributed by atoms with van der Waals surface area (Å²) in [7, 11) is 1.42. The van der Waals surface area contributed by atoms with Gasteiger partial charge in [-0.1, -0.05) is 26.8 Å². The number of rotatable bonds is 3. The lowest BCUT2D eigenvalue weighted by Crippen LogP contribution is -2.23. The number of hydrogen-bond acceptors (Lipinski definition) is 3. The Bertz CT molecular complexity index is 508. The smallest absolute Gasteiger partial charge is 0.338 e. The Labute approximate surface area is 121 Å². The Morgan fingerprint density at radius 2 is 2.05 bits per heavy atom. The highest BCUT2D eigenvalue weighted by atomic mass is 16.5. The summed E-state index contributed by atoms with van der Waals surface area (Å²) in [6, 6.07) is 6.23. The zero-order valence-electron chi connectivity index (χ0n) is 13.1. The monoisotopic (exact) mass is 275 g/mol. The lowest BCUT2D eigenvalue weighted by Gasteiger charge is -2.21. The predicted molar refractivity (Wildman–Crippen MR) is 82.1 cm³/mol. The quantitative estimate of drug-likeness (QED) is 0.847. The first kappa shape index (κ1) is 14.9. The number of hydrogen-bond donors (Lipinski definition) is 1. The molecule has 1 aromatic rings. The molecule has 1 aliphatic carbocycles. The molecule has 0 bridgehead atoms. The van der Waals surface area contributed by atoms with Crippen LogP contribution in [0.4, 0.5) is 5.69 Å². The van der Waals surface area contributed by atoms with Crippen molar-refractivity contribution in [3.05, 3.63) is 29.3 Å². The molecule has 3 nitrogen and oxygen atoms in total. The summed E-state index contributed by atoms with van der Waals surface area (Å²) in [5.41, 5.74) is 3.05. The van der Waals surface area contributed by atoms with E-state index in [9.17, 15) is 4.79 Å². The van der Waals surface area contributed by atoms with Crippen molar-refractivity contribution in [2.24, 2.45) is 11.3 Å². The second-order valence-electron chi connectivity index (χ2n) is 6.77.